The number of hydrogen-bond acceptors (Lipinski definition) is 6. The number of benzene rings is 1. The number of imidazole rings is 1. The molecule has 0 atom stereocenters. The van der Waals surface area contributed by atoms with Crippen LogP contribution in [0.2, 0.25) is 0 Å². The lowest BCUT2D eigenvalue weighted by atomic mass is 10.1. The Morgan fingerprint density at radius 3 is 3.00 bits per heavy atom. The van der Waals surface area contributed by atoms with Crippen LogP contribution in [0.1, 0.15) is 25.5 Å². The predicted molar refractivity (Wildman–Crippen MR) is 86.0 cm³/mol. The van der Waals surface area contributed by atoms with Crippen molar-refractivity contribution in [2.75, 3.05) is 5.32 Å². The van der Waals surface area contributed by atoms with Crippen molar-refractivity contribution in [3.05, 3.63) is 36.0 Å². The van der Waals surface area contributed by atoms with Gasteiger partial charge in [-0.2, -0.15) is 10.5 Å². The Hall–Kier alpha value is -3.21. The summed E-state index contributed by atoms with van der Waals surface area (Å²) in [6.45, 7) is 4.32. The number of nitrogens with zero attached hydrogens (tertiary/aromatic N) is 5. The van der Waals surface area contributed by atoms with Crippen LogP contribution in [0, 0.1) is 17.2 Å². The summed E-state index contributed by atoms with van der Waals surface area (Å²) < 4.78 is 0. The second-order valence-corrected chi connectivity index (χ2v) is 5.56. The zero-order valence-corrected chi connectivity index (χ0v) is 12.8. The number of aromatic amines is 2. The second kappa shape index (κ2) is 6.27. The van der Waals surface area contributed by atoms with E-state index in [0.29, 0.717) is 11.5 Å². The van der Waals surface area contributed by atoms with Gasteiger partial charge in [0.2, 0.25) is 5.82 Å². The Morgan fingerprint density at radius 1 is 1.43 bits per heavy atom. The van der Waals surface area contributed by atoms with Crippen LogP contribution in [0.4, 0.5) is 5.69 Å². The normalized spacial score (nSPS) is 11.8. The number of fused-ring (bicyclic) bond motifs is 1. The van der Waals surface area contributed by atoms with E-state index in [9.17, 15) is 0 Å². The van der Waals surface area contributed by atoms with Gasteiger partial charge in [0.25, 0.3) is 0 Å². The lowest BCUT2D eigenvalue weighted by Crippen LogP contribution is -1.95. The molecule has 0 fully saturated rings. The Bertz CT molecular complexity index is 867. The highest BCUT2D eigenvalue weighted by Crippen LogP contribution is 2.19. The molecule has 116 valence electrons. The molecule has 0 radical (unpaired) electrons. The number of allylic oxidation sites excluding steroid dienone is 1. The first kappa shape index (κ1) is 14.7. The topological polar surface area (TPSA) is 119 Å². The van der Waals surface area contributed by atoms with Crippen LogP contribution in [0.3, 0.4) is 0 Å². The van der Waals surface area contributed by atoms with Crippen LogP contribution >= 0.6 is 0 Å². The summed E-state index contributed by atoms with van der Waals surface area (Å²) in [5, 5.41) is 25.5. The molecule has 0 aliphatic rings. The Kier molecular flexibility index (Phi) is 4.01. The molecule has 2 heterocycles. The van der Waals surface area contributed by atoms with E-state index in [1.54, 1.807) is 6.20 Å². The second-order valence-electron chi connectivity index (χ2n) is 5.56. The maximum absolute atomic E-state index is 9.14. The fourth-order valence-electron chi connectivity index (χ4n) is 2.21. The summed E-state index contributed by atoms with van der Waals surface area (Å²) in [7, 11) is 0. The van der Waals surface area contributed by atoms with Crippen LogP contribution in [-0.4, -0.2) is 30.6 Å². The molecule has 1 aromatic carbocycles. The molecule has 0 bridgehead atoms. The van der Waals surface area contributed by atoms with Crippen LogP contribution in [0.25, 0.3) is 16.6 Å². The molecule has 3 aromatic rings. The van der Waals surface area contributed by atoms with Gasteiger partial charge in [-0.3, -0.25) is 0 Å². The molecule has 2 aromatic heterocycles. The van der Waals surface area contributed by atoms with E-state index in [0.717, 1.165) is 29.0 Å². The van der Waals surface area contributed by atoms with E-state index < -0.39 is 0 Å². The van der Waals surface area contributed by atoms with Crippen molar-refractivity contribution in [1.82, 2.24) is 30.6 Å². The summed E-state index contributed by atoms with van der Waals surface area (Å²) in [5.74, 6) is 1.78. The van der Waals surface area contributed by atoms with Gasteiger partial charge in [-0.25, -0.2) is 4.98 Å². The fraction of sp³-hybridized carbons (Fsp3) is 0.267. The minimum atomic E-state index is 0.252. The molecule has 0 spiro atoms. The summed E-state index contributed by atoms with van der Waals surface area (Å²) in [5.41, 5.74) is 3.02. The first-order chi connectivity index (χ1) is 11.2. The smallest absolute Gasteiger partial charge is 0.216 e. The molecular formula is C15H16N8. The fourth-order valence-corrected chi connectivity index (χ4v) is 2.21. The molecule has 0 saturated heterocycles. The van der Waals surface area contributed by atoms with E-state index in [1.165, 1.54) is 0 Å². The molecular weight excluding hydrogens is 292 g/mol. The lowest BCUT2D eigenvalue weighted by Gasteiger charge is -2.00. The number of nitriles is 1. The Balaban J connectivity index is 1.82. The van der Waals surface area contributed by atoms with Crippen molar-refractivity contribution < 1.29 is 0 Å². The van der Waals surface area contributed by atoms with Crippen molar-refractivity contribution in [2.24, 2.45) is 5.92 Å². The van der Waals surface area contributed by atoms with Gasteiger partial charge < -0.3 is 10.3 Å². The lowest BCUT2D eigenvalue weighted by molar-refractivity contribution is 0.627. The number of tetrazole rings is 1. The number of nitrogens with one attached hydrogen (secondary N) is 3. The third-order valence-corrected chi connectivity index (χ3v) is 3.22. The molecule has 3 rings (SSSR count). The number of anilines is 1. The molecule has 0 aliphatic carbocycles. The first-order valence-corrected chi connectivity index (χ1v) is 7.25. The summed E-state index contributed by atoms with van der Waals surface area (Å²) in [6, 6.07) is 7.83. The van der Waals surface area contributed by atoms with Gasteiger partial charge in [0.05, 0.1) is 11.0 Å². The standard InChI is InChI=1S/C15H16N8/c1-9(2)5-14-18-12-4-3-11(6-13(12)19-14)17-8-10(7-16)15-20-22-23-21-15/h3-4,6,8-9,17H,5H2,1-2H3,(H,18,19)(H,20,21,22,23). The van der Waals surface area contributed by atoms with Gasteiger partial charge in [0.15, 0.2) is 0 Å². The molecule has 0 saturated carbocycles. The van der Waals surface area contributed by atoms with Crippen LogP contribution < -0.4 is 5.32 Å². The van der Waals surface area contributed by atoms with Crippen molar-refractivity contribution in [2.45, 2.75) is 20.3 Å². The van der Waals surface area contributed by atoms with Gasteiger partial charge in [-0.05, 0) is 29.3 Å². The number of H-pyrrole nitrogens is 2. The van der Waals surface area contributed by atoms with E-state index in [4.69, 9.17) is 5.26 Å². The van der Waals surface area contributed by atoms with Crippen molar-refractivity contribution in [1.29, 1.82) is 5.26 Å². The van der Waals surface area contributed by atoms with Gasteiger partial charge in [-0.1, -0.05) is 13.8 Å². The van der Waals surface area contributed by atoms with E-state index >= 15 is 0 Å². The van der Waals surface area contributed by atoms with Crippen LogP contribution in [-0.2, 0) is 6.42 Å². The molecule has 0 aliphatic heterocycles. The highest BCUT2D eigenvalue weighted by molar-refractivity contribution is 5.81. The summed E-state index contributed by atoms with van der Waals surface area (Å²) in [6.07, 6.45) is 2.46. The van der Waals surface area contributed by atoms with Crippen LogP contribution in [0.5, 0.6) is 0 Å². The summed E-state index contributed by atoms with van der Waals surface area (Å²) in [4.78, 5) is 7.88. The SMILES string of the molecule is CC(C)Cc1nc2ccc(NC=C(C#N)c3nn[nH]n3)cc2[nH]1. The van der Waals surface area contributed by atoms with Gasteiger partial charge in [0, 0.05) is 18.3 Å². The predicted octanol–water partition coefficient (Wildman–Crippen LogP) is 2.25. The quantitative estimate of drug-likeness (QED) is 0.622. The Morgan fingerprint density at radius 2 is 2.30 bits per heavy atom. The molecule has 23 heavy (non-hydrogen) atoms. The maximum atomic E-state index is 9.14. The molecule has 0 amide bonds. The maximum Gasteiger partial charge on any atom is 0.216 e. The zero-order chi connectivity index (χ0) is 16.2. The van der Waals surface area contributed by atoms with E-state index in [-0.39, 0.29) is 5.82 Å². The molecule has 0 unspecified atom stereocenters. The average molecular weight is 308 g/mol. The third kappa shape index (κ3) is 3.35. The Labute approximate surface area is 132 Å². The number of hydrogen-bond donors (Lipinski definition) is 3. The van der Waals surface area contributed by atoms with Crippen molar-refractivity contribution >= 4 is 22.3 Å². The monoisotopic (exact) mass is 308 g/mol. The van der Waals surface area contributed by atoms with Gasteiger partial charge >= 0.3 is 0 Å². The van der Waals surface area contributed by atoms with Crippen LogP contribution in [0.15, 0.2) is 24.4 Å². The highest BCUT2D eigenvalue weighted by atomic mass is 15.5. The van der Waals surface area contributed by atoms with Gasteiger partial charge in [0.1, 0.15) is 17.5 Å². The molecule has 3 N–H and O–H groups in total. The third-order valence-electron chi connectivity index (χ3n) is 3.22. The molecule has 8 nitrogen and oxygen atoms in total. The average Bonchev–Trinajstić information content (AvgIpc) is 3.16. The molecule has 8 heteroatoms. The first-order valence-electron chi connectivity index (χ1n) is 7.25. The minimum absolute atomic E-state index is 0.252. The van der Waals surface area contributed by atoms with E-state index in [1.807, 2.05) is 24.3 Å². The zero-order valence-electron chi connectivity index (χ0n) is 12.8. The minimum Gasteiger partial charge on any atom is -0.360 e. The largest absolute Gasteiger partial charge is 0.360 e. The van der Waals surface area contributed by atoms with Crippen molar-refractivity contribution in [3.63, 3.8) is 0 Å². The van der Waals surface area contributed by atoms with Crippen molar-refractivity contribution in [3.8, 4) is 6.07 Å². The summed E-state index contributed by atoms with van der Waals surface area (Å²) >= 11 is 0. The van der Waals surface area contributed by atoms with E-state index in [2.05, 4.69) is 49.8 Å². The highest BCUT2D eigenvalue weighted by Gasteiger charge is 2.07. The number of rotatable bonds is 5. The number of aromatic nitrogens is 6. The van der Waals surface area contributed by atoms with Gasteiger partial charge in [-0.15, -0.1) is 10.2 Å².